The Kier molecular flexibility index (Phi) is 3.83. The van der Waals surface area contributed by atoms with Crippen LogP contribution in [0.2, 0.25) is 5.28 Å². The van der Waals surface area contributed by atoms with Crippen LogP contribution in [0, 0.1) is 0 Å². The number of hydrogen-bond donors (Lipinski definition) is 2. The first-order valence-corrected chi connectivity index (χ1v) is 7.02. The third-order valence-corrected chi connectivity index (χ3v) is 3.32. The average Bonchev–Trinajstić information content (AvgIpc) is 2.96. The quantitative estimate of drug-likeness (QED) is 0.719. The van der Waals surface area contributed by atoms with E-state index in [0.29, 0.717) is 11.6 Å². The fourth-order valence-corrected chi connectivity index (χ4v) is 2.14. The number of benzene rings is 1. The summed E-state index contributed by atoms with van der Waals surface area (Å²) < 4.78 is 0. The smallest absolute Gasteiger partial charge is 0.224 e. The van der Waals surface area contributed by atoms with E-state index >= 15 is 0 Å². The standard InChI is InChI=1S/C15H14ClN5/c1-2-10-3-5-11(6-4-10)12-9-14(21-20-12)18-13-7-8-17-15(16)19-13/h3-9H,2H2,1H3,(H2,17,18,19,20,21). The Morgan fingerprint density at radius 1 is 1.14 bits per heavy atom. The van der Waals surface area contributed by atoms with E-state index in [1.807, 2.05) is 6.07 Å². The normalized spacial score (nSPS) is 10.6. The summed E-state index contributed by atoms with van der Waals surface area (Å²) in [5, 5.41) is 10.5. The van der Waals surface area contributed by atoms with Crippen LogP contribution in [0.5, 0.6) is 0 Å². The van der Waals surface area contributed by atoms with Crippen LogP contribution in [0.1, 0.15) is 12.5 Å². The molecule has 1 aromatic carbocycles. The number of nitrogens with one attached hydrogen (secondary N) is 2. The van der Waals surface area contributed by atoms with Crippen molar-refractivity contribution in [2.75, 3.05) is 5.32 Å². The zero-order chi connectivity index (χ0) is 14.7. The maximum Gasteiger partial charge on any atom is 0.224 e. The first-order chi connectivity index (χ1) is 10.2. The highest BCUT2D eigenvalue weighted by atomic mass is 35.5. The van der Waals surface area contributed by atoms with Gasteiger partial charge in [-0.1, -0.05) is 31.2 Å². The molecule has 6 heteroatoms. The number of nitrogens with zero attached hydrogens (tertiary/aromatic N) is 3. The van der Waals surface area contributed by atoms with Gasteiger partial charge in [0.05, 0.1) is 5.69 Å². The van der Waals surface area contributed by atoms with Crippen LogP contribution in [0.3, 0.4) is 0 Å². The van der Waals surface area contributed by atoms with Gasteiger partial charge in [-0.2, -0.15) is 5.10 Å². The highest BCUT2D eigenvalue weighted by Gasteiger charge is 2.05. The van der Waals surface area contributed by atoms with E-state index in [1.165, 1.54) is 5.56 Å². The minimum Gasteiger partial charge on any atom is -0.323 e. The maximum absolute atomic E-state index is 5.75. The Morgan fingerprint density at radius 2 is 1.95 bits per heavy atom. The van der Waals surface area contributed by atoms with Crippen molar-refractivity contribution in [3.63, 3.8) is 0 Å². The number of rotatable bonds is 4. The molecule has 0 unspecified atom stereocenters. The van der Waals surface area contributed by atoms with Crippen LogP contribution in [0.25, 0.3) is 11.3 Å². The lowest BCUT2D eigenvalue weighted by molar-refractivity contribution is 1.09. The summed E-state index contributed by atoms with van der Waals surface area (Å²) in [7, 11) is 0. The zero-order valence-corrected chi connectivity index (χ0v) is 12.2. The minimum absolute atomic E-state index is 0.200. The number of aryl methyl sites for hydroxylation is 1. The first-order valence-electron chi connectivity index (χ1n) is 6.65. The molecule has 106 valence electrons. The molecular formula is C15H14ClN5. The molecule has 0 fully saturated rings. The van der Waals surface area contributed by atoms with E-state index < -0.39 is 0 Å². The fraction of sp³-hybridized carbons (Fsp3) is 0.133. The summed E-state index contributed by atoms with van der Waals surface area (Å²) in [5.74, 6) is 1.29. The van der Waals surface area contributed by atoms with Gasteiger partial charge < -0.3 is 5.32 Å². The van der Waals surface area contributed by atoms with Crippen molar-refractivity contribution in [1.82, 2.24) is 20.2 Å². The van der Waals surface area contributed by atoms with Crippen molar-refractivity contribution in [3.05, 3.63) is 53.4 Å². The second-order valence-electron chi connectivity index (χ2n) is 4.55. The third-order valence-electron chi connectivity index (χ3n) is 3.13. The molecule has 0 amide bonds. The molecule has 2 N–H and O–H groups in total. The highest BCUT2D eigenvalue weighted by molar-refractivity contribution is 6.28. The van der Waals surface area contributed by atoms with Crippen LogP contribution >= 0.6 is 11.6 Å². The lowest BCUT2D eigenvalue weighted by atomic mass is 10.1. The predicted molar refractivity (Wildman–Crippen MR) is 83.7 cm³/mol. The van der Waals surface area contributed by atoms with Gasteiger partial charge in [-0.05, 0) is 35.2 Å². The monoisotopic (exact) mass is 299 g/mol. The Hall–Kier alpha value is -2.40. The van der Waals surface area contributed by atoms with Gasteiger partial charge in [0.25, 0.3) is 0 Å². The molecule has 2 heterocycles. The van der Waals surface area contributed by atoms with Gasteiger partial charge in [-0.25, -0.2) is 9.97 Å². The number of aromatic nitrogens is 4. The SMILES string of the molecule is CCc1ccc(-c2cc(Nc3ccnc(Cl)n3)n[nH]2)cc1. The van der Waals surface area contributed by atoms with Gasteiger partial charge in [-0.3, -0.25) is 5.10 Å². The Bertz CT molecular complexity index is 736. The molecular weight excluding hydrogens is 286 g/mol. The second kappa shape index (κ2) is 5.93. The lowest BCUT2D eigenvalue weighted by Gasteiger charge is -2.00. The molecule has 0 bridgehead atoms. The average molecular weight is 300 g/mol. The molecule has 0 radical (unpaired) electrons. The van der Waals surface area contributed by atoms with Crippen LogP contribution in [-0.4, -0.2) is 20.2 Å². The maximum atomic E-state index is 5.75. The largest absolute Gasteiger partial charge is 0.323 e. The predicted octanol–water partition coefficient (Wildman–Crippen LogP) is 3.83. The van der Waals surface area contributed by atoms with Gasteiger partial charge in [-0.15, -0.1) is 0 Å². The summed E-state index contributed by atoms with van der Waals surface area (Å²) in [6.07, 6.45) is 2.62. The summed E-state index contributed by atoms with van der Waals surface area (Å²) >= 11 is 5.75. The summed E-state index contributed by atoms with van der Waals surface area (Å²) in [6.45, 7) is 2.14. The van der Waals surface area contributed by atoms with E-state index in [-0.39, 0.29) is 5.28 Å². The van der Waals surface area contributed by atoms with Crippen LogP contribution < -0.4 is 5.32 Å². The molecule has 0 aliphatic carbocycles. The van der Waals surface area contributed by atoms with Gasteiger partial charge >= 0.3 is 0 Å². The van der Waals surface area contributed by atoms with Crippen LogP contribution in [-0.2, 0) is 6.42 Å². The molecule has 21 heavy (non-hydrogen) atoms. The van der Waals surface area contributed by atoms with Crippen molar-refractivity contribution in [2.24, 2.45) is 0 Å². The topological polar surface area (TPSA) is 66.5 Å². The van der Waals surface area contributed by atoms with Crippen molar-refractivity contribution < 1.29 is 0 Å². The van der Waals surface area contributed by atoms with Gasteiger partial charge in [0, 0.05) is 12.3 Å². The Labute approximate surface area is 127 Å². The molecule has 3 rings (SSSR count). The molecule has 2 aromatic heterocycles. The summed E-state index contributed by atoms with van der Waals surface area (Å²) in [5.41, 5.74) is 3.35. The summed E-state index contributed by atoms with van der Waals surface area (Å²) in [6, 6.07) is 12.1. The van der Waals surface area contributed by atoms with Gasteiger partial charge in [0.2, 0.25) is 5.28 Å². The molecule has 0 spiro atoms. The van der Waals surface area contributed by atoms with E-state index in [4.69, 9.17) is 11.6 Å². The molecule has 3 aromatic rings. The van der Waals surface area contributed by atoms with E-state index in [9.17, 15) is 0 Å². The van der Waals surface area contributed by atoms with E-state index in [2.05, 4.69) is 56.7 Å². The summed E-state index contributed by atoms with van der Waals surface area (Å²) in [4.78, 5) is 7.90. The van der Waals surface area contributed by atoms with E-state index in [1.54, 1.807) is 12.3 Å². The van der Waals surface area contributed by atoms with E-state index in [0.717, 1.165) is 17.7 Å². The van der Waals surface area contributed by atoms with Crippen molar-refractivity contribution in [2.45, 2.75) is 13.3 Å². The minimum atomic E-state index is 0.200. The number of halogens is 1. The Balaban J connectivity index is 1.79. The molecule has 0 saturated carbocycles. The molecule has 0 aliphatic heterocycles. The van der Waals surface area contributed by atoms with Gasteiger partial charge in [0.15, 0.2) is 5.82 Å². The fourth-order valence-electron chi connectivity index (χ4n) is 1.99. The van der Waals surface area contributed by atoms with Crippen LogP contribution in [0.15, 0.2) is 42.6 Å². The highest BCUT2D eigenvalue weighted by Crippen LogP contribution is 2.22. The van der Waals surface area contributed by atoms with Gasteiger partial charge in [0.1, 0.15) is 5.82 Å². The zero-order valence-electron chi connectivity index (χ0n) is 11.5. The first kappa shape index (κ1) is 13.6. The number of aromatic amines is 1. The lowest BCUT2D eigenvalue weighted by Crippen LogP contribution is -1.94. The molecule has 0 saturated heterocycles. The van der Waals surface area contributed by atoms with Crippen molar-refractivity contribution in [3.8, 4) is 11.3 Å². The van der Waals surface area contributed by atoms with Crippen molar-refractivity contribution >= 4 is 23.2 Å². The van der Waals surface area contributed by atoms with Crippen molar-refractivity contribution in [1.29, 1.82) is 0 Å². The van der Waals surface area contributed by atoms with Crippen LogP contribution in [0.4, 0.5) is 11.6 Å². The second-order valence-corrected chi connectivity index (χ2v) is 4.89. The molecule has 0 atom stereocenters. The number of hydrogen-bond acceptors (Lipinski definition) is 4. The Morgan fingerprint density at radius 3 is 2.67 bits per heavy atom. The molecule has 5 nitrogen and oxygen atoms in total. The molecule has 0 aliphatic rings. The number of anilines is 2. The number of H-pyrrole nitrogens is 1. The third kappa shape index (κ3) is 3.20.